The molecule has 1 aliphatic heterocycles. The highest BCUT2D eigenvalue weighted by molar-refractivity contribution is 5.85. The van der Waals surface area contributed by atoms with Crippen LogP contribution in [0.5, 0.6) is 0 Å². The van der Waals surface area contributed by atoms with Gasteiger partial charge in [0.1, 0.15) is 0 Å². The highest BCUT2D eigenvalue weighted by Gasteiger charge is 2.28. The van der Waals surface area contributed by atoms with Gasteiger partial charge in [-0.05, 0) is 42.9 Å². The molecular formula is C20H26ClNO. The Balaban J connectivity index is 0.00000192. The summed E-state index contributed by atoms with van der Waals surface area (Å²) in [5, 5.41) is 9.53. The topological polar surface area (TPSA) is 23.5 Å². The fourth-order valence-electron chi connectivity index (χ4n) is 3.46. The fourth-order valence-corrected chi connectivity index (χ4v) is 3.46. The summed E-state index contributed by atoms with van der Waals surface area (Å²) in [7, 11) is 0. The molecule has 2 aromatic rings. The Kier molecular flexibility index (Phi) is 7.10. The second-order valence-corrected chi connectivity index (χ2v) is 6.27. The largest absolute Gasteiger partial charge is 0.396 e. The van der Waals surface area contributed by atoms with E-state index in [2.05, 4.69) is 65.6 Å². The van der Waals surface area contributed by atoms with Gasteiger partial charge in [0, 0.05) is 19.2 Å². The third-order valence-electron chi connectivity index (χ3n) is 4.79. The van der Waals surface area contributed by atoms with E-state index in [1.165, 1.54) is 11.1 Å². The van der Waals surface area contributed by atoms with Gasteiger partial charge in [0.15, 0.2) is 0 Å². The molecule has 0 bridgehead atoms. The first-order chi connectivity index (χ1) is 10.9. The SMILES string of the molecule is Cl.OCC1CCN(CCc2ccccc2)C(c2ccccc2)C1. The second-order valence-electron chi connectivity index (χ2n) is 6.27. The molecule has 1 heterocycles. The number of piperidine rings is 1. The summed E-state index contributed by atoms with van der Waals surface area (Å²) in [6, 6.07) is 21.9. The summed E-state index contributed by atoms with van der Waals surface area (Å²) < 4.78 is 0. The lowest BCUT2D eigenvalue weighted by atomic mass is 9.87. The van der Waals surface area contributed by atoms with Crippen molar-refractivity contribution in [1.82, 2.24) is 4.90 Å². The summed E-state index contributed by atoms with van der Waals surface area (Å²) in [5.74, 6) is 0.443. The molecular weight excluding hydrogens is 306 g/mol. The molecule has 1 fully saturated rings. The first kappa shape index (κ1) is 18.0. The summed E-state index contributed by atoms with van der Waals surface area (Å²) in [6.45, 7) is 2.48. The van der Waals surface area contributed by atoms with Crippen molar-refractivity contribution in [3.63, 3.8) is 0 Å². The van der Waals surface area contributed by atoms with Gasteiger partial charge in [-0.15, -0.1) is 12.4 Å². The molecule has 23 heavy (non-hydrogen) atoms. The van der Waals surface area contributed by atoms with Crippen molar-refractivity contribution in [2.45, 2.75) is 25.3 Å². The molecule has 2 unspecified atom stereocenters. The molecule has 0 spiro atoms. The van der Waals surface area contributed by atoms with Gasteiger partial charge in [0.25, 0.3) is 0 Å². The van der Waals surface area contributed by atoms with E-state index in [4.69, 9.17) is 0 Å². The van der Waals surface area contributed by atoms with Crippen molar-refractivity contribution >= 4 is 12.4 Å². The minimum atomic E-state index is 0. The van der Waals surface area contributed by atoms with Crippen LogP contribution in [0.4, 0.5) is 0 Å². The van der Waals surface area contributed by atoms with Gasteiger partial charge in [-0.2, -0.15) is 0 Å². The van der Waals surface area contributed by atoms with Crippen LogP contribution in [-0.4, -0.2) is 29.7 Å². The number of aliphatic hydroxyl groups excluding tert-OH is 1. The fraction of sp³-hybridized carbons (Fsp3) is 0.400. The van der Waals surface area contributed by atoms with Crippen LogP contribution >= 0.6 is 12.4 Å². The Hall–Kier alpha value is -1.35. The molecule has 1 saturated heterocycles. The van der Waals surface area contributed by atoms with Gasteiger partial charge in [0.2, 0.25) is 0 Å². The van der Waals surface area contributed by atoms with Crippen LogP contribution in [0.25, 0.3) is 0 Å². The maximum absolute atomic E-state index is 9.53. The van der Waals surface area contributed by atoms with E-state index in [0.717, 1.165) is 32.4 Å². The molecule has 2 nitrogen and oxygen atoms in total. The van der Waals surface area contributed by atoms with Crippen molar-refractivity contribution in [3.8, 4) is 0 Å². The Morgan fingerprint density at radius 1 is 0.957 bits per heavy atom. The maximum Gasteiger partial charge on any atom is 0.0460 e. The Bertz CT molecular complexity index is 560. The zero-order valence-corrected chi connectivity index (χ0v) is 14.3. The summed E-state index contributed by atoms with van der Waals surface area (Å²) >= 11 is 0. The predicted octanol–water partition coefficient (Wildman–Crippen LogP) is 4.10. The van der Waals surface area contributed by atoms with Crippen LogP contribution in [0, 0.1) is 5.92 Å². The van der Waals surface area contributed by atoms with Crippen molar-refractivity contribution in [1.29, 1.82) is 0 Å². The third-order valence-corrected chi connectivity index (χ3v) is 4.79. The molecule has 3 rings (SSSR count). The van der Waals surface area contributed by atoms with Crippen LogP contribution in [0.3, 0.4) is 0 Å². The lowest BCUT2D eigenvalue weighted by molar-refractivity contribution is 0.0813. The van der Waals surface area contributed by atoms with Gasteiger partial charge in [-0.3, -0.25) is 4.90 Å². The minimum Gasteiger partial charge on any atom is -0.396 e. The van der Waals surface area contributed by atoms with Crippen LogP contribution in [-0.2, 0) is 6.42 Å². The molecule has 124 valence electrons. The average molecular weight is 332 g/mol. The van der Waals surface area contributed by atoms with E-state index < -0.39 is 0 Å². The summed E-state index contributed by atoms with van der Waals surface area (Å²) in [6.07, 6.45) is 3.26. The molecule has 0 aromatic heterocycles. The van der Waals surface area contributed by atoms with Crippen LogP contribution in [0.1, 0.15) is 30.0 Å². The first-order valence-electron chi connectivity index (χ1n) is 8.30. The van der Waals surface area contributed by atoms with Crippen molar-refractivity contribution in [3.05, 3.63) is 71.8 Å². The number of hydrogen-bond acceptors (Lipinski definition) is 2. The molecule has 0 radical (unpaired) electrons. The average Bonchev–Trinajstić information content (AvgIpc) is 2.61. The monoisotopic (exact) mass is 331 g/mol. The summed E-state index contributed by atoms with van der Waals surface area (Å²) in [5.41, 5.74) is 2.78. The zero-order valence-electron chi connectivity index (χ0n) is 13.5. The van der Waals surface area contributed by atoms with Crippen molar-refractivity contribution in [2.24, 2.45) is 5.92 Å². The number of nitrogens with zero attached hydrogens (tertiary/aromatic N) is 1. The van der Waals surface area contributed by atoms with Gasteiger partial charge in [-0.1, -0.05) is 60.7 Å². The van der Waals surface area contributed by atoms with Gasteiger partial charge < -0.3 is 5.11 Å². The van der Waals surface area contributed by atoms with Crippen molar-refractivity contribution < 1.29 is 5.11 Å². The molecule has 3 heteroatoms. The quantitative estimate of drug-likeness (QED) is 0.891. The Labute approximate surface area is 145 Å². The zero-order chi connectivity index (χ0) is 15.2. The molecule has 0 saturated carbocycles. The highest BCUT2D eigenvalue weighted by atomic mass is 35.5. The number of halogens is 1. The van der Waals surface area contributed by atoms with E-state index in [1.807, 2.05) is 0 Å². The van der Waals surface area contributed by atoms with Crippen molar-refractivity contribution in [2.75, 3.05) is 19.7 Å². The molecule has 2 atom stereocenters. The number of hydrogen-bond donors (Lipinski definition) is 1. The van der Waals surface area contributed by atoms with E-state index in [0.29, 0.717) is 18.6 Å². The lowest BCUT2D eigenvalue weighted by Gasteiger charge is -2.39. The number of aliphatic hydroxyl groups is 1. The number of benzene rings is 2. The third kappa shape index (κ3) is 4.81. The van der Waals surface area contributed by atoms with Gasteiger partial charge >= 0.3 is 0 Å². The first-order valence-corrected chi connectivity index (χ1v) is 8.30. The normalized spacial score (nSPS) is 21.6. The lowest BCUT2D eigenvalue weighted by Crippen LogP contribution is -2.39. The molecule has 1 N–H and O–H groups in total. The second kappa shape index (κ2) is 9.07. The summed E-state index contributed by atoms with van der Waals surface area (Å²) in [4.78, 5) is 2.59. The smallest absolute Gasteiger partial charge is 0.0460 e. The highest BCUT2D eigenvalue weighted by Crippen LogP contribution is 2.33. The predicted molar refractivity (Wildman–Crippen MR) is 98.0 cm³/mol. The number of rotatable bonds is 5. The Morgan fingerprint density at radius 3 is 2.26 bits per heavy atom. The van der Waals surface area contributed by atoms with Gasteiger partial charge in [0.05, 0.1) is 0 Å². The van der Waals surface area contributed by atoms with Crippen LogP contribution < -0.4 is 0 Å². The van der Waals surface area contributed by atoms with E-state index in [9.17, 15) is 5.11 Å². The van der Waals surface area contributed by atoms with E-state index >= 15 is 0 Å². The van der Waals surface area contributed by atoms with E-state index in [1.54, 1.807) is 0 Å². The Morgan fingerprint density at radius 2 is 1.61 bits per heavy atom. The van der Waals surface area contributed by atoms with Crippen LogP contribution in [0.15, 0.2) is 60.7 Å². The van der Waals surface area contributed by atoms with E-state index in [-0.39, 0.29) is 12.4 Å². The maximum atomic E-state index is 9.53. The number of likely N-dealkylation sites (tertiary alicyclic amines) is 1. The molecule has 0 aliphatic carbocycles. The van der Waals surface area contributed by atoms with Gasteiger partial charge in [-0.25, -0.2) is 0 Å². The standard InChI is InChI=1S/C20H25NO.ClH/c22-16-18-12-14-21(13-11-17-7-3-1-4-8-17)20(15-18)19-9-5-2-6-10-19;/h1-10,18,20,22H,11-16H2;1H. The molecule has 1 aliphatic rings. The molecule has 0 amide bonds. The molecule has 2 aromatic carbocycles. The van der Waals surface area contributed by atoms with Crippen LogP contribution in [0.2, 0.25) is 0 Å². The minimum absolute atomic E-state index is 0.